The fourth-order valence-corrected chi connectivity index (χ4v) is 4.29. The van der Waals surface area contributed by atoms with Gasteiger partial charge in [-0.1, -0.05) is 91.0 Å². The Morgan fingerprint density at radius 3 is 1.76 bits per heavy atom. The molecule has 0 bridgehead atoms. The highest BCUT2D eigenvalue weighted by Gasteiger charge is 2.43. The van der Waals surface area contributed by atoms with Gasteiger partial charge in [-0.2, -0.15) is 0 Å². The van der Waals surface area contributed by atoms with E-state index in [1.54, 1.807) is 0 Å². The highest BCUT2D eigenvalue weighted by Crippen LogP contribution is 2.26. The molecule has 0 spiro atoms. The van der Waals surface area contributed by atoms with Crippen molar-refractivity contribution in [2.75, 3.05) is 26.3 Å². The number of rotatable bonds is 12. The van der Waals surface area contributed by atoms with Gasteiger partial charge in [0.2, 0.25) is 0 Å². The zero-order valence-electron chi connectivity index (χ0n) is 19.0. The molecule has 1 fully saturated rings. The summed E-state index contributed by atoms with van der Waals surface area (Å²) in [6.45, 7) is 3.46. The van der Waals surface area contributed by atoms with Gasteiger partial charge < -0.3 is 19.3 Å². The van der Waals surface area contributed by atoms with E-state index in [0.29, 0.717) is 39.5 Å². The molecule has 1 heterocycles. The zero-order valence-corrected chi connectivity index (χ0v) is 19.0. The lowest BCUT2D eigenvalue weighted by Crippen LogP contribution is -2.42. The predicted molar refractivity (Wildman–Crippen MR) is 129 cm³/mol. The highest BCUT2D eigenvalue weighted by atomic mass is 16.5. The molecule has 4 rings (SSSR count). The first kappa shape index (κ1) is 23.6. The van der Waals surface area contributed by atoms with Crippen LogP contribution < -0.4 is 0 Å². The molecule has 0 saturated carbocycles. The van der Waals surface area contributed by atoms with Crippen molar-refractivity contribution in [1.29, 1.82) is 0 Å². The van der Waals surface area contributed by atoms with Crippen molar-refractivity contribution in [1.82, 2.24) is 4.90 Å². The van der Waals surface area contributed by atoms with Gasteiger partial charge in [0.15, 0.2) is 0 Å². The van der Waals surface area contributed by atoms with Crippen LogP contribution in [0.1, 0.15) is 16.7 Å². The third-order valence-corrected chi connectivity index (χ3v) is 6.01. The van der Waals surface area contributed by atoms with E-state index in [0.717, 1.165) is 16.7 Å². The maximum atomic E-state index is 9.67. The second-order valence-corrected chi connectivity index (χ2v) is 8.38. The second-order valence-electron chi connectivity index (χ2n) is 8.38. The third kappa shape index (κ3) is 6.97. The molecule has 1 aliphatic rings. The summed E-state index contributed by atoms with van der Waals surface area (Å²) in [6, 6.07) is 30.6. The van der Waals surface area contributed by atoms with Crippen molar-refractivity contribution < 1.29 is 19.3 Å². The van der Waals surface area contributed by atoms with E-state index < -0.39 is 0 Å². The normalized spacial score (nSPS) is 20.8. The molecule has 5 nitrogen and oxygen atoms in total. The molecule has 0 aliphatic carbocycles. The van der Waals surface area contributed by atoms with E-state index in [4.69, 9.17) is 14.2 Å². The second kappa shape index (κ2) is 12.6. The summed E-state index contributed by atoms with van der Waals surface area (Å²) in [5, 5.41) is 9.67. The Hall–Kier alpha value is -2.54. The van der Waals surface area contributed by atoms with Gasteiger partial charge >= 0.3 is 0 Å². The Balaban J connectivity index is 1.44. The topological polar surface area (TPSA) is 51.2 Å². The van der Waals surface area contributed by atoms with E-state index in [2.05, 4.69) is 41.3 Å². The van der Waals surface area contributed by atoms with Gasteiger partial charge in [-0.25, -0.2) is 0 Å². The van der Waals surface area contributed by atoms with Crippen molar-refractivity contribution in [3.8, 4) is 0 Å². The Labute approximate surface area is 196 Å². The summed E-state index contributed by atoms with van der Waals surface area (Å²) in [4.78, 5) is 2.23. The Morgan fingerprint density at radius 1 is 0.697 bits per heavy atom. The van der Waals surface area contributed by atoms with Gasteiger partial charge in [0, 0.05) is 13.1 Å². The number of aliphatic hydroxyl groups is 1. The lowest BCUT2D eigenvalue weighted by atomic mass is 10.1. The molecule has 1 aliphatic heterocycles. The van der Waals surface area contributed by atoms with Crippen LogP contribution in [0.3, 0.4) is 0 Å². The molecule has 0 aromatic heterocycles. The lowest BCUT2D eigenvalue weighted by Gasteiger charge is -2.28. The monoisotopic (exact) mass is 447 g/mol. The van der Waals surface area contributed by atoms with E-state index in [1.165, 1.54) is 0 Å². The van der Waals surface area contributed by atoms with Crippen LogP contribution in [0.2, 0.25) is 0 Å². The minimum Gasteiger partial charge on any atom is -0.395 e. The van der Waals surface area contributed by atoms with Crippen molar-refractivity contribution in [3.63, 3.8) is 0 Å². The summed E-state index contributed by atoms with van der Waals surface area (Å²) in [5.41, 5.74) is 3.41. The first-order valence-electron chi connectivity index (χ1n) is 11.6. The molecule has 0 radical (unpaired) electrons. The molecule has 1 saturated heterocycles. The van der Waals surface area contributed by atoms with Gasteiger partial charge in [-0.05, 0) is 16.7 Å². The Bertz CT molecular complexity index is 922. The molecule has 5 heteroatoms. The number of benzene rings is 3. The van der Waals surface area contributed by atoms with Crippen molar-refractivity contribution in [2.45, 2.75) is 38.1 Å². The summed E-state index contributed by atoms with van der Waals surface area (Å²) >= 11 is 0. The SMILES string of the molecule is OCCN1C[C@@H](OCc2ccccc2)[C@H](OCc2ccccc2)[C@H]1COCc1ccccc1. The van der Waals surface area contributed by atoms with Crippen LogP contribution in [0, 0.1) is 0 Å². The number of aliphatic hydroxyl groups excluding tert-OH is 1. The fraction of sp³-hybridized carbons (Fsp3) is 0.357. The first-order chi connectivity index (χ1) is 16.3. The smallest absolute Gasteiger partial charge is 0.103 e. The van der Waals surface area contributed by atoms with Crippen molar-refractivity contribution >= 4 is 0 Å². The molecule has 3 aromatic rings. The summed E-state index contributed by atoms with van der Waals surface area (Å²) < 4.78 is 18.9. The van der Waals surface area contributed by atoms with Crippen LogP contribution in [0.4, 0.5) is 0 Å². The minimum atomic E-state index is -0.156. The maximum Gasteiger partial charge on any atom is 0.103 e. The van der Waals surface area contributed by atoms with Crippen LogP contribution in [-0.4, -0.2) is 54.6 Å². The average molecular weight is 448 g/mol. The first-order valence-corrected chi connectivity index (χ1v) is 11.6. The molecular formula is C28H33NO4. The summed E-state index contributed by atoms with van der Waals surface area (Å²) in [6.07, 6.45) is -0.262. The molecule has 33 heavy (non-hydrogen) atoms. The lowest BCUT2D eigenvalue weighted by molar-refractivity contribution is -0.0819. The number of hydrogen-bond donors (Lipinski definition) is 1. The number of hydrogen-bond acceptors (Lipinski definition) is 5. The standard InChI is InChI=1S/C28H33NO4/c30-17-16-29-18-27(32-20-24-12-6-2-7-13-24)28(33-21-25-14-8-3-9-15-25)26(29)22-31-19-23-10-4-1-5-11-23/h1-15,26-28,30H,16-22H2/t26-,27-,28-/m1/s1. The van der Waals surface area contributed by atoms with Crippen molar-refractivity contribution in [3.05, 3.63) is 108 Å². The largest absolute Gasteiger partial charge is 0.395 e. The molecule has 174 valence electrons. The van der Waals surface area contributed by atoms with Gasteiger partial charge in [-0.15, -0.1) is 0 Å². The van der Waals surface area contributed by atoms with Gasteiger partial charge in [0.05, 0.1) is 45.2 Å². The Kier molecular flexibility index (Phi) is 9.04. The maximum absolute atomic E-state index is 9.67. The minimum absolute atomic E-state index is 0.00495. The molecule has 1 N–H and O–H groups in total. The molecule has 0 unspecified atom stereocenters. The molecule has 3 atom stereocenters. The fourth-order valence-electron chi connectivity index (χ4n) is 4.29. The highest BCUT2D eigenvalue weighted by molar-refractivity contribution is 5.15. The van der Waals surface area contributed by atoms with Gasteiger partial charge in [0.1, 0.15) is 6.10 Å². The third-order valence-electron chi connectivity index (χ3n) is 6.01. The zero-order chi connectivity index (χ0) is 22.7. The van der Waals surface area contributed by atoms with E-state index in [9.17, 15) is 5.11 Å². The van der Waals surface area contributed by atoms with E-state index in [1.807, 2.05) is 54.6 Å². The summed E-state index contributed by atoms with van der Waals surface area (Å²) in [5.74, 6) is 0. The van der Waals surface area contributed by atoms with Crippen LogP contribution in [0.15, 0.2) is 91.0 Å². The van der Waals surface area contributed by atoms with E-state index in [-0.39, 0.29) is 24.9 Å². The van der Waals surface area contributed by atoms with Crippen LogP contribution in [-0.2, 0) is 34.0 Å². The quantitative estimate of drug-likeness (QED) is 0.454. The van der Waals surface area contributed by atoms with Crippen LogP contribution in [0.5, 0.6) is 0 Å². The molecule has 3 aromatic carbocycles. The number of ether oxygens (including phenoxy) is 3. The molecule has 0 amide bonds. The van der Waals surface area contributed by atoms with Crippen LogP contribution >= 0.6 is 0 Å². The number of β-amino-alcohol motifs (C(OH)–C–C–N with tert-alkyl or cyclic N) is 1. The van der Waals surface area contributed by atoms with Crippen LogP contribution in [0.25, 0.3) is 0 Å². The van der Waals surface area contributed by atoms with Crippen molar-refractivity contribution in [2.24, 2.45) is 0 Å². The summed E-state index contributed by atoms with van der Waals surface area (Å²) in [7, 11) is 0. The average Bonchev–Trinajstić information content (AvgIpc) is 3.19. The van der Waals surface area contributed by atoms with Gasteiger partial charge in [0.25, 0.3) is 0 Å². The number of likely N-dealkylation sites (tertiary alicyclic amines) is 1. The number of nitrogens with zero attached hydrogens (tertiary/aromatic N) is 1. The van der Waals surface area contributed by atoms with Gasteiger partial charge in [-0.3, -0.25) is 4.90 Å². The Morgan fingerprint density at radius 2 is 1.21 bits per heavy atom. The predicted octanol–water partition coefficient (Wildman–Crippen LogP) is 4.05. The van der Waals surface area contributed by atoms with E-state index >= 15 is 0 Å². The molecular weight excluding hydrogens is 414 g/mol.